The molecule has 0 spiro atoms. The summed E-state index contributed by atoms with van der Waals surface area (Å²) in [7, 11) is 0. The van der Waals surface area contributed by atoms with E-state index in [0.29, 0.717) is 17.5 Å². The Hall–Kier alpha value is -7.21. The monoisotopic (exact) mass is 733 g/mol. The van der Waals surface area contributed by atoms with Crippen molar-refractivity contribution in [2.45, 2.75) is 0 Å². The van der Waals surface area contributed by atoms with Gasteiger partial charge in [-0.05, 0) is 64.2 Å². The maximum Gasteiger partial charge on any atom is 0.165 e. The molecule has 0 amide bonds. The number of hydrogen-bond donors (Lipinski definition) is 0. The molecule has 56 heavy (non-hydrogen) atoms. The molecule has 11 aromatic rings. The van der Waals surface area contributed by atoms with E-state index >= 15 is 0 Å². The van der Waals surface area contributed by atoms with Gasteiger partial charge in [0.2, 0.25) is 0 Å². The van der Waals surface area contributed by atoms with Crippen molar-refractivity contribution in [2.24, 2.45) is 0 Å². The van der Waals surface area contributed by atoms with Crippen LogP contribution in [0.5, 0.6) is 0 Å². The van der Waals surface area contributed by atoms with E-state index in [1.807, 2.05) is 36.4 Å². The second-order valence-electron chi connectivity index (χ2n) is 14.0. The largest absolute Gasteiger partial charge is 0.455 e. The fraction of sp³-hybridized carbons (Fsp3) is 0. The zero-order valence-electron chi connectivity index (χ0n) is 30.1. The van der Waals surface area contributed by atoms with Gasteiger partial charge >= 0.3 is 0 Å². The third-order valence-electron chi connectivity index (χ3n) is 10.6. The molecule has 5 heteroatoms. The van der Waals surface area contributed by atoms with Crippen LogP contribution in [0.4, 0.5) is 0 Å². The predicted octanol–water partition coefficient (Wildman–Crippen LogP) is 14.1. The van der Waals surface area contributed by atoms with Gasteiger partial charge in [-0.2, -0.15) is 0 Å². The van der Waals surface area contributed by atoms with Crippen molar-refractivity contribution in [2.75, 3.05) is 0 Å². The van der Waals surface area contributed by atoms with E-state index in [9.17, 15) is 0 Å². The lowest BCUT2D eigenvalue weighted by Gasteiger charge is -2.10. The molecule has 0 bridgehead atoms. The van der Waals surface area contributed by atoms with E-state index in [1.165, 1.54) is 21.0 Å². The highest BCUT2D eigenvalue weighted by Crippen LogP contribution is 2.43. The fourth-order valence-electron chi connectivity index (χ4n) is 7.76. The smallest absolute Gasteiger partial charge is 0.165 e. The molecule has 0 atom stereocenters. The Kier molecular flexibility index (Phi) is 7.64. The van der Waals surface area contributed by atoms with E-state index in [0.717, 1.165) is 71.1 Å². The van der Waals surface area contributed by atoms with Crippen LogP contribution in [0.3, 0.4) is 0 Å². The first-order chi connectivity index (χ1) is 27.7. The molecule has 8 aromatic carbocycles. The van der Waals surface area contributed by atoms with Crippen molar-refractivity contribution in [3.05, 3.63) is 188 Å². The van der Waals surface area contributed by atoms with Crippen LogP contribution in [0.25, 0.3) is 110 Å². The van der Waals surface area contributed by atoms with Crippen molar-refractivity contribution in [3.8, 4) is 67.5 Å². The van der Waals surface area contributed by atoms with Crippen LogP contribution in [0.2, 0.25) is 0 Å². The molecule has 3 aromatic heterocycles. The number of thiophene rings is 1. The van der Waals surface area contributed by atoms with E-state index < -0.39 is 0 Å². The molecular weight excluding hydrogens is 703 g/mol. The summed E-state index contributed by atoms with van der Waals surface area (Å²) in [6, 6.07) is 65.7. The first kappa shape index (κ1) is 32.2. The van der Waals surface area contributed by atoms with Gasteiger partial charge in [0.15, 0.2) is 17.5 Å². The summed E-state index contributed by atoms with van der Waals surface area (Å²) in [6.45, 7) is 0. The van der Waals surface area contributed by atoms with Gasteiger partial charge < -0.3 is 4.42 Å². The maximum absolute atomic E-state index is 6.48. The molecule has 3 heterocycles. The van der Waals surface area contributed by atoms with Crippen molar-refractivity contribution in [1.82, 2.24) is 15.0 Å². The SMILES string of the molecule is c1ccc(-c2ccc(-c3nc(-c4ccccc4)nc(-c4cccc5c4sc4ccc(-c6cc(-c7ccccc7)c7oc8ccccc8c7c6)cc45)n3)cc2)cc1. The lowest BCUT2D eigenvalue weighted by atomic mass is 9.95. The van der Waals surface area contributed by atoms with Gasteiger partial charge in [-0.25, -0.2) is 15.0 Å². The van der Waals surface area contributed by atoms with Gasteiger partial charge in [-0.15, -0.1) is 11.3 Å². The summed E-state index contributed by atoms with van der Waals surface area (Å²) < 4.78 is 8.84. The van der Waals surface area contributed by atoms with Crippen LogP contribution < -0.4 is 0 Å². The zero-order chi connectivity index (χ0) is 37.0. The van der Waals surface area contributed by atoms with E-state index in [4.69, 9.17) is 19.4 Å². The third-order valence-corrected chi connectivity index (χ3v) is 11.8. The van der Waals surface area contributed by atoms with Gasteiger partial charge in [0.1, 0.15) is 11.2 Å². The Balaban J connectivity index is 1.06. The second kappa shape index (κ2) is 13.3. The highest BCUT2D eigenvalue weighted by Gasteiger charge is 2.19. The summed E-state index contributed by atoms with van der Waals surface area (Å²) in [5, 5.41) is 4.62. The van der Waals surface area contributed by atoms with Crippen molar-refractivity contribution >= 4 is 53.4 Å². The average molecular weight is 734 g/mol. The first-order valence-electron chi connectivity index (χ1n) is 18.7. The quantitative estimate of drug-likeness (QED) is 0.171. The number of hydrogen-bond acceptors (Lipinski definition) is 5. The summed E-state index contributed by atoms with van der Waals surface area (Å²) in [5.74, 6) is 1.95. The second-order valence-corrected chi connectivity index (χ2v) is 15.0. The number of fused-ring (bicyclic) bond motifs is 6. The minimum absolute atomic E-state index is 0.644. The van der Waals surface area contributed by atoms with E-state index in [-0.39, 0.29) is 0 Å². The standard InChI is InChI=1S/C51H31N3OS/c1-4-13-32(14-5-1)33-23-25-36(26-24-33)50-52-49(35-17-8-3-9-18-35)53-51(54-50)41-21-12-20-40-43-29-37(27-28-46(43)56-48(40)41)38-30-42(34-15-6-2-7-16-34)47-44(31-38)39-19-10-11-22-45(39)55-47/h1-31H. The van der Waals surface area contributed by atoms with Crippen LogP contribution in [0.15, 0.2) is 192 Å². The molecule has 0 saturated carbocycles. The summed E-state index contributed by atoms with van der Waals surface area (Å²) in [5.41, 5.74) is 11.5. The summed E-state index contributed by atoms with van der Waals surface area (Å²) in [4.78, 5) is 15.3. The van der Waals surface area contributed by atoms with Crippen molar-refractivity contribution < 1.29 is 4.42 Å². The molecule has 0 unspecified atom stereocenters. The average Bonchev–Trinajstić information content (AvgIpc) is 3.85. The maximum atomic E-state index is 6.48. The molecule has 4 nitrogen and oxygen atoms in total. The Bertz CT molecular complexity index is 3230. The molecule has 11 rings (SSSR count). The van der Waals surface area contributed by atoms with Crippen LogP contribution in [0.1, 0.15) is 0 Å². The molecule has 0 saturated heterocycles. The van der Waals surface area contributed by atoms with Crippen LogP contribution in [-0.4, -0.2) is 15.0 Å². The zero-order valence-corrected chi connectivity index (χ0v) is 30.9. The molecule has 0 aliphatic rings. The van der Waals surface area contributed by atoms with Crippen molar-refractivity contribution in [1.29, 1.82) is 0 Å². The Morgan fingerprint density at radius 1 is 0.339 bits per heavy atom. The number of benzene rings is 8. The highest BCUT2D eigenvalue weighted by atomic mass is 32.1. The molecule has 0 radical (unpaired) electrons. The number of rotatable bonds is 6. The lowest BCUT2D eigenvalue weighted by Crippen LogP contribution is -2.00. The highest BCUT2D eigenvalue weighted by molar-refractivity contribution is 7.26. The van der Waals surface area contributed by atoms with Crippen LogP contribution >= 0.6 is 11.3 Å². The number of nitrogens with zero attached hydrogens (tertiary/aromatic N) is 3. The van der Waals surface area contributed by atoms with Crippen LogP contribution in [0, 0.1) is 0 Å². The molecule has 0 N–H and O–H groups in total. The predicted molar refractivity (Wildman–Crippen MR) is 233 cm³/mol. The third kappa shape index (κ3) is 5.56. The Morgan fingerprint density at radius 2 is 0.893 bits per heavy atom. The molecular formula is C51H31N3OS. The summed E-state index contributed by atoms with van der Waals surface area (Å²) >= 11 is 1.78. The topological polar surface area (TPSA) is 51.8 Å². The molecule has 262 valence electrons. The van der Waals surface area contributed by atoms with Gasteiger partial charge in [-0.1, -0.05) is 152 Å². The van der Waals surface area contributed by atoms with Crippen LogP contribution in [-0.2, 0) is 0 Å². The van der Waals surface area contributed by atoms with E-state index in [1.54, 1.807) is 11.3 Å². The van der Waals surface area contributed by atoms with E-state index in [2.05, 4.69) is 152 Å². The minimum atomic E-state index is 0.644. The van der Waals surface area contributed by atoms with Gasteiger partial charge in [0, 0.05) is 53.2 Å². The Morgan fingerprint density at radius 3 is 1.64 bits per heavy atom. The van der Waals surface area contributed by atoms with Crippen molar-refractivity contribution in [3.63, 3.8) is 0 Å². The number of para-hydroxylation sites is 1. The molecule has 0 fully saturated rings. The summed E-state index contributed by atoms with van der Waals surface area (Å²) in [6.07, 6.45) is 0. The lowest BCUT2D eigenvalue weighted by molar-refractivity contribution is 0.670. The Labute approximate surface area is 327 Å². The minimum Gasteiger partial charge on any atom is -0.455 e. The first-order valence-corrected chi connectivity index (χ1v) is 19.5. The number of aromatic nitrogens is 3. The normalized spacial score (nSPS) is 11.6. The number of furan rings is 1. The van der Waals surface area contributed by atoms with Gasteiger partial charge in [0.05, 0.1) is 0 Å². The van der Waals surface area contributed by atoms with Gasteiger partial charge in [0.25, 0.3) is 0 Å². The molecule has 0 aliphatic heterocycles. The fourth-order valence-corrected chi connectivity index (χ4v) is 8.96. The van der Waals surface area contributed by atoms with Gasteiger partial charge in [-0.3, -0.25) is 0 Å². The molecule has 0 aliphatic carbocycles.